The molecule has 2 aromatic rings. The van der Waals surface area contributed by atoms with Gasteiger partial charge >= 0.3 is 23.9 Å². The van der Waals surface area contributed by atoms with Gasteiger partial charge in [0.1, 0.15) is 48.5 Å². The zero-order valence-corrected chi connectivity index (χ0v) is 83.8. The number of Topliss-reactive ketones (excluding diaryl/α,β-unsaturated/α-hetero) is 2. The maximum Gasteiger partial charge on any atom is 0.305 e. The molecule has 50 nitrogen and oxygen atoms in total. The van der Waals surface area contributed by atoms with Gasteiger partial charge in [0.2, 0.25) is 35.4 Å². The molecule has 2 aliphatic heterocycles. The normalized spacial score (nSPS) is 16.9. The van der Waals surface area contributed by atoms with Crippen LogP contribution in [0.5, 0.6) is 11.5 Å². The van der Waals surface area contributed by atoms with Gasteiger partial charge < -0.3 is 139 Å². The van der Waals surface area contributed by atoms with Crippen molar-refractivity contribution in [1.29, 1.82) is 0 Å². The quantitative estimate of drug-likeness (QED) is 0.0127. The number of benzene rings is 2. The highest BCUT2D eigenvalue weighted by Gasteiger charge is 2.47. The van der Waals surface area contributed by atoms with Crippen LogP contribution >= 0.6 is 0 Å². The first-order valence-electron chi connectivity index (χ1n) is 48.6. The summed E-state index contributed by atoms with van der Waals surface area (Å²) in [6, 6.07) is 7.06. The number of carboxylic acids is 2. The van der Waals surface area contributed by atoms with Gasteiger partial charge in [-0.25, -0.2) is 0 Å². The zero-order valence-electron chi connectivity index (χ0n) is 83.8. The largest absolute Gasteiger partial charge is 0.492 e. The molecule has 2 heterocycles. The Hall–Kier alpha value is -11.9. The fraction of sp³-hybridized carbons (Fsp3) is 0.708. The second kappa shape index (κ2) is 82.2. The Labute approximate surface area is 852 Å². The van der Waals surface area contributed by atoms with E-state index in [1.165, 1.54) is 64.1 Å². The van der Waals surface area contributed by atoms with Crippen LogP contribution in [0.2, 0.25) is 0 Å². The van der Waals surface area contributed by atoms with Crippen LogP contribution in [0.15, 0.2) is 46.6 Å². The number of aliphatic carboxylic acids is 2. The predicted octanol–water partition coefficient (Wildman–Crippen LogP) is 5.54. The minimum Gasteiger partial charge on any atom is -0.492 e. The lowest BCUT2D eigenvalue weighted by atomic mass is 9.87. The minimum atomic E-state index is -1.09. The van der Waals surface area contributed by atoms with Gasteiger partial charge in [-0.05, 0) is 98.8 Å². The number of ether oxygens (including phenoxy) is 16. The fourth-order valence-corrected chi connectivity index (χ4v) is 14.0. The number of nitrogens with one attached hydrogen (secondary N) is 10. The summed E-state index contributed by atoms with van der Waals surface area (Å²) in [5.74, 6) is -7.67. The maximum atomic E-state index is 13.5. The Bertz CT molecular complexity index is 4140. The third-order valence-corrected chi connectivity index (χ3v) is 21.2. The molecule has 0 bridgehead atoms. The number of carbonyl (C=O) groups is 16. The molecule has 0 radical (unpaired) electrons. The number of rotatable bonds is 80. The molecule has 0 saturated carbocycles. The summed E-state index contributed by atoms with van der Waals surface area (Å²) in [4.78, 5) is 202. The summed E-state index contributed by atoms with van der Waals surface area (Å²) >= 11 is 0. The number of carboxylic acid groups (broad SMARTS) is 2. The van der Waals surface area contributed by atoms with Crippen LogP contribution in [0.1, 0.15) is 227 Å². The minimum absolute atomic E-state index is 0. The summed E-state index contributed by atoms with van der Waals surface area (Å²) in [5, 5.41) is 51.3. The SMILES string of the molecule is C.C.CCC1OC(OCCCCC(=O)NCCCC(=O)CCNC(=O)c2cc(OCCNC(=O)CCOCCOCCOCCOCCN=[N+]=[N-])cc(C(=O)NCCC(=O)CCCNC(=O)CCCCOC3OC(CC)C(OC(C)=O)C(C)C3NC(C)=O)c2)C(NC(C)=O)C(C)C1OC(C)=O.[N-]=[N+]=NCCOCCOCCOCCOCCC(=O)NCCOc1cc(C(=O)NCCC(=O)O)cc(C(=O)NCCC(=O)O)c1. The van der Waals surface area contributed by atoms with Crippen LogP contribution in [-0.2, 0) is 124 Å². The van der Waals surface area contributed by atoms with E-state index in [0.29, 0.717) is 137 Å². The van der Waals surface area contributed by atoms with Gasteiger partial charge in [-0.2, -0.15) is 0 Å². The van der Waals surface area contributed by atoms with Gasteiger partial charge in [0.05, 0.1) is 156 Å². The Morgan fingerprint density at radius 1 is 0.342 bits per heavy atom. The molecule has 0 aromatic heterocycles. The molecule has 2 aromatic carbocycles. The summed E-state index contributed by atoms with van der Waals surface area (Å²) in [7, 11) is 0. The van der Waals surface area contributed by atoms with E-state index in [1.807, 2.05) is 27.7 Å². The van der Waals surface area contributed by atoms with Crippen LogP contribution in [0, 0.1) is 11.8 Å². The van der Waals surface area contributed by atoms with Crippen molar-refractivity contribution in [2.45, 2.75) is 235 Å². The average molecular weight is 2080 g/mol. The predicted molar refractivity (Wildman–Crippen MR) is 527 cm³/mol. The van der Waals surface area contributed by atoms with Crippen molar-refractivity contribution in [1.82, 2.24) is 53.2 Å². The van der Waals surface area contributed by atoms with E-state index in [2.05, 4.69) is 73.2 Å². The lowest BCUT2D eigenvalue weighted by Crippen LogP contribution is -2.61. The van der Waals surface area contributed by atoms with E-state index >= 15 is 0 Å². The van der Waals surface area contributed by atoms with Crippen LogP contribution in [0.4, 0.5) is 0 Å². The molecule has 50 heteroatoms. The summed E-state index contributed by atoms with van der Waals surface area (Å²) in [6.07, 6.45) is 0.688. The Balaban J connectivity index is 0.00000189. The van der Waals surface area contributed by atoms with Crippen molar-refractivity contribution in [2.75, 3.05) is 198 Å². The standard InChI is InChI=1S/C67H108N10O22.C27H40N6O12.2CH4/c1-9-55-62(96-48(7)80)44(3)60(75-46(5)78)66(98-55)94-30-13-11-19-57(84)69-24-15-17-52(82)21-26-72-64(87)50-41-51(43-54(42-50)93-34-28-71-59(86)23-32-89-35-37-91-39-40-92-38-36-90-33-29-74-77-68)65(88)73-27-22-53(83)18-16-25-70-58(85)20-12-14-31-95-67-61(76-47(6)79)45(4)63(97-49(8)81)56(10-2)99-67;28-33-32-7-9-42-12-14-44-16-15-43-13-11-41-8-3-23(34)29-6-10-45-22-18-20(26(39)30-4-1-24(35)36)17-21(19-22)27(40)31-5-2-25(37)38;;/h41-45,55-56,60-63,66-67H,9-40H2,1-8H3,(H,69,84)(H,70,85)(H,71,86)(H,72,87)(H,73,88)(H,75,78)(H,76,79);17-19H,1-16H2,(H,29,34)(H,30,39)(H,31,40)(H,35,36)(H,37,38);2*1H4. The maximum absolute atomic E-state index is 13.5. The summed E-state index contributed by atoms with van der Waals surface area (Å²) < 4.78 is 89.7. The number of azide groups is 2. The number of amides is 10. The first-order chi connectivity index (χ1) is 69.3. The van der Waals surface area contributed by atoms with Crippen molar-refractivity contribution in [2.24, 2.45) is 22.1 Å². The van der Waals surface area contributed by atoms with E-state index in [-0.39, 0.29) is 283 Å². The number of esters is 2. The molecule has 12 N–H and O–H groups in total. The first-order valence-corrected chi connectivity index (χ1v) is 48.6. The third kappa shape index (κ3) is 62.8. The van der Waals surface area contributed by atoms with E-state index in [0.717, 1.165) is 0 Å². The monoisotopic (exact) mass is 2080 g/mol. The van der Waals surface area contributed by atoms with Crippen molar-refractivity contribution in [3.8, 4) is 11.5 Å². The molecular formula is C96H156N16O34. The smallest absolute Gasteiger partial charge is 0.305 e. The average Bonchev–Trinajstić information content (AvgIpc) is 0.798. The second-order valence-corrected chi connectivity index (χ2v) is 32.9. The van der Waals surface area contributed by atoms with Crippen LogP contribution < -0.4 is 62.6 Å². The number of ketones is 2. The number of hydrogen-bond donors (Lipinski definition) is 12. The van der Waals surface area contributed by atoms with Crippen molar-refractivity contribution in [3.63, 3.8) is 0 Å². The molecule has 146 heavy (non-hydrogen) atoms. The van der Waals surface area contributed by atoms with Gasteiger partial charge in [0.15, 0.2) is 12.6 Å². The van der Waals surface area contributed by atoms with Crippen LogP contribution in [0.3, 0.4) is 0 Å². The Kier molecular flexibility index (Phi) is 74.4. The van der Waals surface area contributed by atoms with E-state index in [1.54, 1.807) is 0 Å². The molecule has 10 amide bonds. The lowest BCUT2D eigenvalue weighted by Gasteiger charge is -2.44. The molecule has 10 unspecified atom stereocenters. The molecule has 2 aliphatic rings. The number of hydrogen-bond acceptors (Lipinski definition) is 34. The number of nitrogens with zero attached hydrogens (tertiary/aromatic N) is 6. The first kappa shape index (κ1) is 132. The van der Waals surface area contributed by atoms with Crippen molar-refractivity contribution < 1.29 is 163 Å². The Morgan fingerprint density at radius 3 is 0.932 bits per heavy atom. The molecule has 10 atom stereocenters. The molecule has 4 rings (SSSR count). The van der Waals surface area contributed by atoms with E-state index in [4.69, 9.17) is 97.1 Å². The zero-order chi connectivity index (χ0) is 106. The van der Waals surface area contributed by atoms with Crippen molar-refractivity contribution >= 4 is 94.5 Å². The van der Waals surface area contributed by atoms with E-state index < -0.39 is 96.6 Å². The van der Waals surface area contributed by atoms with Gasteiger partial charge in [-0.3, -0.25) is 76.7 Å². The number of carbonyl (C=O) groups excluding carboxylic acids is 14. The lowest BCUT2D eigenvalue weighted by molar-refractivity contribution is -0.256. The highest BCUT2D eigenvalue weighted by Crippen LogP contribution is 2.33. The highest BCUT2D eigenvalue weighted by atomic mass is 16.7. The van der Waals surface area contributed by atoms with Gasteiger partial charge in [-0.15, -0.1) is 0 Å². The Morgan fingerprint density at radius 2 is 0.637 bits per heavy atom. The molecule has 824 valence electrons. The molecular weight excluding hydrogens is 1920 g/mol. The summed E-state index contributed by atoms with van der Waals surface area (Å²) in [6.45, 7) is 19.5. The van der Waals surface area contributed by atoms with Gasteiger partial charge in [0, 0.05) is 189 Å². The van der Waals surface area contributed by atoms with Crippen molar-refractivity contribution in [3.05, 3.63) is 79.5 Å². The van der Waals surface area contributed by atoms with Crippen LogP contribution in [-0.4, -0.2) is 351 Å². The molecule has 0 spiro atoms. The van der Waals surface area contributed by atoms with Crippen LogP contribution in [0.25, 0.3) is 20.9 Å². The molecule has 0 aliphatic carbocycles. The van der Waals surface area contributed by atoms with Gasteiger partial charge in [-0.1, -0.05) is 52.8 Å². The van der Waals surface area contributed by atoms with Gasteiger partial charge in [0.25, 0.3) is 23.6 Å². The number of unbranched alkanes of at least 4 members (excludes halogenated alkanes) is 2. The highest BCUT2D eigenvalue weighted by molar-refractivity contribution is 6.02. The second-order valence-electron chi connectivity index (χ2n) is 32.9. The summed E-state index contributed by atoms with van der Waals surface area (Å²) in [5.41, 5.74) is 16.6. The van der Waals surface area contributed by atoms with E-state index in [9.17, 15) is 76.7 Å². The third-order valence-electron chi connectivity index (χ3n) is 21.2. The molecule has 2 saturated heterocycles. The fourth-order valence-electron chi connectivity index (χ4n) is 14.0. The molecule has 2 fully saturated rings. The topological polar surface area (TPSA) is 679 Å².